The number of amides is 2. The summed E-state index contributed by atoms with van der Waals surface area (Å²) >= 11 is 0. The van der Waals surface area contributed by atoms with E-state index in [0.717, 1.165) is 30.8 Å². The van der Waals surface area contributed by atoms with Crippen molar-refractivity contribution in [1.82, 2.24) is 10.6 Å². The average Bonchev–Trinajstić information content (AvgIpc) is 2.81. The van der Waals surface area contributed by atoms with Gasteiger partial charge in [-0.15, -0.1) is 0 Å². The predicted octanol–water partition coefficient (Wildman–Crippen LogP) is 3.35. The fourth-order valence-corrected chi connectivity index (χ4v) is 3.75. The third kappa shape index (κ3) is 6.72. The van der Waals surface area contributed by atoms with Gasteiger partial charge in [-0.3, -0.25) is 9.59 Å². The molecular formula is C24H31N3O4. The maximum Gasteiger partial charge on any atom is 0.251 e. The quantitative estimate of drug-likeness (QED) is 0.573. The van der Waals surface area contributed by atoms with Gasteiger partial charge in [0.1, 0.15) is 0 Å². The fourth-order valence-electron chi connectivity index (χ4n) is 3.75. The number of carbonyl (C=O) groups is 2. The predicted molar refractivity (Wildman–Crippen MR) is 121 cm³/mol. The normalized spacial score (nSPS) is 15.7. The number of piperidine rings is 1. The van der Waals surface area contributed by atoms with E-state index in [0.29, 0.717) is 35.9 Å². The molecular weight excluding hydrogens is 394 g/mol. The maximum atomic E-state index is 12.5. The van der Waals surface area contributed by atoms with E-state index in [9.17, 15) is 9.59 Å². The number of carbonyl (C=O) groups excluding carboxylic acids is 2. The van der Waals surface area contributed by atoms with Gasteiger partial charge in [0, 0.05) is 24.2 Å². The first-order valence-corrected chi connectivity index (χ1v) is 10.7. The lowest BCUT2D eigenvalue weighted by Crippen LogP contribution is -2.30. The van der Waals surface area contributed by atoms with Gasteiger partial charge in [0.05, 0.1) is 14.2 Å². The van der Waals surface area contributed by atoms with E-state index in [-0.39, 0.29) is 11.8 Å². The average molecular weight is 426 g/mol. The maximum absolute atomic E-state index is 12.5. The lowest BCUT2D eigenvalue weighted by molar-refractivity contribution is -0.116. The van der Waals surface area contributed by atoms with E-state index in [1.165, 1.54) is 20.0 Å². The second kappa shape index (κ2) is 11.4. The van der Waals surface area contributed by atoms with Crippen LogP contribution in [0.1, 0.15) is 41.6 Å². The topological polar surface area (TPSA) is 88.7 Å². The highest BCUT2D eigenvalue weighted by Crippen LogP contribution is 2.27. The third-order valence-corrected chi connectivity index (χ3v) is 5.49. The van der Waals surface area contributed by atoms with Crippen LogP contribution in [0.2, 0.25) is 0 Å². The number of anilines is 1. The number of nitrogens with one attached hydrogen (secondary N) is 3. The summed E-state index contributed by atoms with van der Waals surface area (Å²) in [6.07, 6.45) is 3.80. The fraction of sp³-hybridized carbons (Fsp3) is 0.417. The molecule has 0 aromatic heterocycles. The van der Waals surface area contributed by atoms with Crippen LogP contribution in [0.15, 0.2) is 42.5 Å². The Labute approximate surface area is 183 Å². The molecule has 166 valence electrons. The van der Waals surface area contributed by atoms with Crippen LogP contribution < -0.4 is 25.4 Å². The summed E-state index contributed by atoms with van der Waals surface area (Å²) in [5, 5.41) is 9.25. The minimum Gasteiger partial charge on any atom is -0.493 e. The molecule has 0 spiro atoms. The molecule has 7 heteroatoms. The molecule has 1 aliphatic heterocycles. The molecule has 3 N–H and O–H groups in total. The summed E-state index contributed by atoms with van der Waals surface area (Å²) in [4.78, 5) is 24.8. The van der Waals surface area contributed by atoms with Crippen molar-refractivity contribution < 1.29 is 19.1 Å². The van der Waals surface area contributed by atoms with Crippen LogP contribution in [0.4, 0.5) is 5.69 Å². The zero-order valence-corrected chi connectivity index (χ0v) is 18.2. The minimum absolute atomic E-state index is 0.0251. The Morgan fingerprint density at radius 3 is 2.68 bits per heavy atom. The Kier molecular flexibility index (Phi) is 8.29. The van der Waals surface area contributed by atoms with Gasteiger partial charge < -0.3 is 25.4 Å². The number of hydrogen-bond donors (Lipinski definition) is 3. The Balaban J connectivity index is 1.50. The highest BCUT2D eigenvalue weighted by molar-refractivity contribution is 5.95. The molecule has 1 unspecified atom stereocenters. The number of hydrogen-bond acceptors (Lipinski definition) is 5. The molecule has 31 heavy (non-hydrogen) atoms. The third-order valence-electron chi connectivity index (χ3n) is 5.49. The van der Waals surface area contributed by atoms with E-state index >= 15 is 0 Å². The SMILES string of the molecule is COc1ccc(C(=O)NCc2cccc(NC(=O)CCC3CCCNC3)c2)cc1OC. The van der Waals surface area contributed by atoms with Crippen molar-refractivity contribution in [3.63, 3.8) is 0 Å². The second-order valence-corrected chi connectivity index (χ2v) is 7.75. The van der Waals surface area contributed by atoms with Crippen LogP contribution >= 0.6 is 0 Å². The summed E-state index contributed by atoms with van der Waals surface area (Å²) in [5.41, 5.74) is 2.13. The van der Waals surface area contributed by atoms with Crippen molar-refractivity contribution in [2.75, 3.05) is 32.6 Å². The monoisotopic (exact) mass is 425 g/mol. The lowest BCUT2D eigenvalue weighted by Gasteiger charge is -2.22. The summed E-state index contributed by atoms with van der Waals surface area (Å²) in [6.45, 7) is 2.44. The molecule has 2 aromatic rings. The minimum atomic E-state index is -0.212. The first kappa shape index (κ1) is 22.6. The number of benzene rings is 2. The summed E-state index contributed by atoms with van der Waals surface area (Å²) < 4.78 is 10.5. The van der Waals surface area contributed by atoms with Crippen LogP contribution in [-0.2, 0) is 11.3 Å². The highest BCUT2D eigenvalue weighted by atomic mass is 16.5. The van der Waals surface area contributed by atoms with Gasteiger partial charge >= 0.3 is 0 Å². The molecule has 1 atom stereocenters. The molecule has 2 amide bonds. The van der Waals surface area contributed by atoms with Gasteiger partial charge in [-0.05, 0) is 74.2 Å². The molecule has 0 radical (unpaired) electrons. The van der Waals surface area contributed by atoms with Crippen LogP contribution in [0.25, 0.3) is 0 Å². The molecule has 1 saturated heterocycles. The van der Waals surface area contributed by atoms with Gasteiger partial charge in [0.2, 0.25) is 5.91 Å². The number of ether oxygens (including phenoxy) is 2. The van der Waals surface area contributed by atoms with Crippen molar-refractivity contribution in [3.05, 3.63) is 53.6 Å². The smallest absolute Gasteiger partial charge is 0.251 e. The zero-order valence-electron chi connectivity index (χ0n) is 18.2. The van der Waals surface area contributed by atoms with E-state index in [1.54, 1.807) is 25.3 Å². The van der Waals surface area contributed by atoms with Crippen molar-refractivity contribution >= 4 is 17.5 Å². The van der Waals surface area contributed by atoms with E-state index in [4.69, 9.17) is 9.47 Å². The summed E-state index contributed by atoms with van der Waals surface area (Å²) in [5.74, 6) is 1.47. The molecule has 3 rings (SSSR count). The molecule has 7 nitrogen and oxygen atoms in total. The van der Waals surface area contributed by atoms with Crippen molar-refractivity contribution in [2.24, 2.45) is 5.92 Å². The largest absolute Gasteiger partial charge is 0.493 e. The van der Waals surface area contributed by atoms with Crippen LogP contribution in [0, 0.1) is 5.92 Å². The number of methoxy groups -OCH3 is 2. The standard InChI is InChI=1S/C24H31N3O4/c1-30-21-10-9-19(14-22(21)31-2)24(29)26-16-18-5-3-7-20(13-18)27-23(28)11-8-17-6-4-12-25-15-17/h3,5,7,9-10,13-14,17,25H,4,6,8,11-12,15-16H2,1-2H3,(H,26,29)(H,27,28). The van der Waals surface area contributed by atoms with Crippen LogP contribution in [0.3, 0.4) is 0 Å². The molecule has 0 aliphatic carbocycles. The van der Waals surface area contributed by atoms with E-state index in [1.807, 2.05) is 24.3 Å². The molecule has 1 aliphatic rings. The van der Waals surface area contributed by atoms with Crippen molar-refractivity contribution in [3.8, 4) is 11.5 Å². The van der Waals surface area contributed by atoms with Gasteiger partial charge in [0.25, 0.3) is 5.91 Å². The zero-order chi connectivity index (χ0) is 22.1. The van der Waals surface area contributed by atoms with E-state index < -0.39 is 0 Å². The van der Waals surface area contributed by atoms with Crippen molar-refractivity contribution in [1.29, 1.82) is 0 Å². The Morgan fingerprint density at radius 1 is 1.10 bits per heavy atom. The van der Waals surface area contributed by atoms with Crippen LogP contribution in [-0.4, -0.2) is 39.1 Å². The van der Waals surface area contributed by atoms with E-state index in [2.05, 4.69) is 16.0 Å². The Morgan fingerprint density at radius 2 is 1.94 bits per heavy atom. The molecule has 1 fully saturated rings. The number of rotatable bonds is 9. The molecule has 1 heterocycles. The highest BCUT2D eigenvalue weighted by Gasteiger charge is 2.15. The molecule has 2 aromatic carbocycles. The van der Waals surface area contributed by atoms with Gasteiger partial charge in [-0.2, -0.15) is 0 Å². The molecule has 0 saturated carbocycles. The Hall–Kier alpha value is -3.06. The summed E-state index contributed by atoms with van der Waals surface area (Å²) in [6, 6.07) is 12.6. The lowest BCUT2D eigenvalue weighted by atomic mass is 9.94. The van der Waals surface area contributed by atoms with Gasteiger partial charge in [0.15, 0.2) is 11.5 Å². The van der Waals surface area contributed by atoms with Crippen LogP contribution in [0.5, 0.6) is 11.5 Å². The molecule has 0 bridgehead atoms. The summed E-state index contributed by atoms with van der Waals surface area (Å²) in [7, 11) is 3.09. The van der Waals surface area contributed by atoms with Gasteiger partial charge in [-0.25, -0.2) is 0 Å². The van der Waals surface area contributed by atoms with Crippen molar-refractivity contribution in [2.45, 2.75) is 32.2 Å². The van der Waals surface area contributed by atoms with Gasteiger partial charge in [-0.1, -0.05) is 12.1 Å². The Bertz CT molecular complexity index is 894. The second-order valence-electron chi connectivity index (χ2n) is 7.75. The first-order valence-electron chi connectivity index (χ1n) is 10.7. The first-order chi connectivity index (χ1) is 15.1.